The van der Waals surface area contributed by atoms with E-state index in [0.717, 1.165) is 16.7 Å². The van der Waals surface area contributed by atoms with E-state index in [1.54, 1.807) is 0 Å². The van der Waals surface area contributed by atoms with Gasteiger partial charge in [0.15, 0.2) is 0 Å². The maximum atomic E-state index is 11.3. The molecular formula is C14H22N2O3S. The lowest BCUT2D eigenvalue weighted by Gasteiger charge is -2.20. The second-order valence-electron chi connectivity index (χ2n) is 5.70. The first kappa shape index (κ1) is 15.4. The van der Waals surface area contributed by atoms with Crippen molar-refractivity contribution < 1.29 is 13.5 Å². The van der Waals surface area contributed by atoms with Crippen molar-refractivity contribution in [1.82, 2.24) is 4.90 Å². The van der Waals surface area contributed by atoms with Gasteiger partial charge in [-0.1, -0.05) is 29.3 Å². The Bertz CT molecular complexity index is 566. The molecule has 0 radical (unpaired) electrons. The van der Waals surface area contributed by atoms with Crippen molar-refractivity contribution >= 4 is 10.0 Å². The van der Waals surface area contributed by atoms with E-state index in [1.807, 2.05) is 30.9 Å². The van der Waals surface area contributed by atoms with Gasteiger partial charge in [0, 0.05) is 13.1 Å². The lowest BCUT2D eigenvalue weighted by molar-refractivity contribution is 0.126. The standard InChI is InChI=1S/C14H22N2O3S/c1-10-5-11(2)7-12(6-10)14(17)9-16-4-3-13(8-16)20(15,18)19/h5-7,13-14,17H,3-4,8-9H2,1-2H3,(H2,15,18,19). The van der Waals surface area contributed by atoms with Gasteiger partial charge in [0.25, 0.3) is 0 Å². The van der Waals surface area contributed by atoms with Gasteiger partial charge in [-0.2, -0.15) is 0 Å². The van der Waals surface area contributed by atoms with Gasteiger partial charge in [0.1, 0.15) is 0 Å². The van der Waals surface area contributed by atoms with Gasteiger partial charge >= 0.3 is 0 Å². The number of benzene rings is 1. The van der Waals surface area contributed by atoms with Crippen LogP contribution in [0.4, 0.5) is 0 Å². The van der Waals surface area contributed by atoms with Crippen LogP contribution in [0, 0.1) is 13.8 Å². The SMILES string of the molecule is Cc1cc(C)cc(C(O)CN2CCC(S(N)(=O)=O)C2)c1. The van der Waals surface area contributed by atoms with Crippen LogP contribution in [0.3, 0.4) is 0 Å². The van der Waals surface area contributed by atoms with Crippen LogP contribution >= 0.6 is 0 Å². The molecule has 1 aliphatic heterocycles. The fourth-order valence-corrected chi connectivity index (χ4v) is 3.64. The number of primary sulfonamides is 1. The second-order valence-corrected chi connectivity index (χ2v) is 7.54. The zero-order chi connectivity index (χ0) is 14.9. The Kier molecular flexibility index (Phi) is 4.49. The summed E-state index contributed by atoms with van der Waals surface area (Å²) in [5, 5.41) is 15.0. The highest BCUT2D eigenvalue weighted by Gasteiger charge is 2.31. The van der Waals surface area contributed by atoms with E-state index in [1.165, 1.54) is 0 Å². The topological polar surface area (TPSA) is 83.6 Å². The van der Waals surface area contributed by atoms with Gasteiger partial charge in [-0.05, 0) is 32.4 Å². The molecule has 0 aromatic heterocycles. The number of hydrogen-bond donors (Lipinski definition) is 2. The van der Waals surface area contributed by atoms with Gasteiger partial charge < -0.3 is 5.11 Å². The Morgan fingerprint density at radius 3 is 2.45 bits per heavy atom. The van der Waals surface area contributed by atoms with Gasteiger partial charge in [-0.15, -0.1) is 0 Å². The fraction of sp³-hybridized carbons (Fsp3) is 0.571. The molecular weight excluding hydrogens is 276 g/mol. The van der Waals surface area contributed by atoms with E-state index in [2.05, 4.69) is 6.07 Å². The number of hydrogen-bond acceptors (Lipinski definition) is 4. The first-order valence-electron chi connectivity index (χ1n) is 6.76. The van der Waals surface area contributed by atoms with Gasteiger partial charge in [0.05, 0.1) is 11.4 Å². The molecule has 0 spiro atoms. The highest BCUT2D eigenvalue weighted by atomic mass is 32.2. The summed E-state index contributed by atoms with van der Waals surface area (Å²) in [6.45, 7) is 5.49. The van der Waals surface area contributed by atoms with Crippen molar-refractivity contribution in [2.75, 3.05) is 19.6 Å². The quantitative estimate of drug-likeness (QED) is 0.857. The molecule has 0 bridgehead atoms. The average molecular weight is 298 g/mol. The molecule has 20 heavy (non-hydrogen) atoms. The Morgan fingerprint density at radius 2 is 1.95 bits per heavy atom. The zero-order valence-corrected chi connectivity index (χ0v) is 12.7. The monoisotopic (exact) mass is 298 g/mol. The van der Waals surface area contributed by atoms with Crippen LogP contribution < -0.4 is 5.14 Å². The summed E-state index contributed by atoms with van der Waals surface area (Å²) in [7, 11) is -3.47. The van der Waals surface area contributed by atoms with Crippen molar-refractivity contribution in [1.29, 1.82) is 0 Å². The predicted molar refractivity (Wildman–Crippen MR) is 78.8 cm³/mol. The Labute approximate surface area is 120 Å². The molecule has 1 saturated heterocycles. The number of aryl methyl sites for hydroxylation is 2. The molecule has 2 unspecified atom stereocenters. The number of nitrogens with two attached hydrogens (primary N) is 1. The highest BCUT2D eigenvalue weighted by molar-refractivity contribution is 7.89. The summed E-state index contributed by atoms with van der Waals surface area (Å²) in [5.41, 5.74) is 3.10. The minimum Gasteiger partial charge on any atom is -0.387 e. The van der Waals surface area contributed by atoms with Crippen molar-refractivity contribution in [3.05, 3.63) is 34.9 Å². The van der Waals surface area contributed by atoms with Crippen LogP contribution in [-0.2, 0) is 10.0 Å². The van der Waals surface area contributed by atoms with Crippen molar-refractivity contribution in [3.8, 4) is 0 Å². The summed E-state index contributed by atoms with van der Waals surface area (Å²) in [6, 6.07) is 5.99. The van der Waals surface area contributed by atoms with E-state index in [4.69, 9.17) is 5.14 Å². The van der Waals surface area contributed by atoms with Crippen molar-refractivity contribution in [3.63, 3.8) is 0 Å². The molecule has 0 aliphatic carbocycles. The number of β-amino-alcohol motifs (C(OH)–C–C–N with tert-alkyl or cyclic N) is 1. The molecule has 1 aromatic rings. The summed E-state index contributed by atoms with van der Waals surface area (Å²) >= 11 is 0. The number of rotatable bonds is 4. The molecule has 1 fully saturated rings. The highest BCUT2D eigenvalue weighted by Crippen LogP contribution is 2.21. The number of aliphatic hydroxyl groups excluding tert-OH is 1. The van der Waals surface area contributed by atoms with Crippen molar-refractivity contribution in [2.45, 2.75) is 31.6 Å². The molecule has 112 valence electrons. The molecule has 0 saturated carbocycles. The lowest BCUT2D eigenvalue weighted by Crippen LogP contribution is -2.33. The van der Waals surface area contributed by atoms with Crippen LogP contribution in [0.5, 0.6) is 0 Å². The van der Waals surface area contributed by atoms with E-state index >= 15 is 0 Å². The van der Waals surface area contributed by atoms with Gasteiger partial charge in [0.2, 0.25) is 10.0 Å². The Hall–Kier alpha value is -0.950. The maximum absolute atomic E-state index is 11.3. The molecule has 6 heteroatoms. The smallest absolute Gasteiger partial charge is 0.213 e. The normalized spacial score (nSPS) is 22.1. The molecule has 0 amide bonds. The minimum atomic E-state index is -3.47. The van der Waals surface area contributed by atoms with Crippen LogP contribution in [0.15, 0.2) is 18.2 Å². The summed E-state index contributed by atoms with van der Waals surface area (Å²) in [5.74, 6) is 0. The maximum Gasteiger partial charge on any atom is 0.213 e. The van der Waals surface area contributed by atoms with Gasteiger partial charge in [-0.25, -0.2) is 13.6 Å². The lowest BCUT2D eigenvalue weighted by atomic mass is 10.0. The Morgan fingerprint density at radius 1 is 1.35 bits per heavy atom. The molecule has 1 aromatic carbocycles. The second kappa shape index (κ2) is 5.81. The summed E-state index contributed by atoms with van der Waals surface area (Å²) in [4.78, 5) is 1.96. The summed E-state index contributed by atoms with van der Waals surface area (Å²) < 4.78 is 22.6. The molecule has 2 rings (SSSR count). The third-order valence-electron chi connectivity index (χ3n) is 3.75. The largest absolute Gasteiger partial charge is 0.387 e. The van der Waals surface area contributed by atoms with Crippen LogP contribution in [0.1, 0.15) is 29.2 Å². The number of nitrogens with zero attached hydrogens (tertiary/aromatic N) is 1. The molecule has 5 nitrogen and oxygen atoms in total. The molecule has 1 aliphatic rings. The van der Waals surface area contributed by atoms with E-state index < -0.39 is 21.4 Å². The summed E-state index contributed by atoms with van der Waals surface area (Å²) in [6.07, 6.45) is -0.0638. The first-order valence-corrected chi connectivity index (χ1v) is 8.37. The molecule has 2 atom stereocenters. The van der Waals surface area contributed by atoms with Gasteiger partial charge in [-0.3, -0.25) is 4.90 Å². The van der Waals surface area contributed by atoms with Crippen LogP contribution in [0.25, 0.3) is 0 Å². The van der Waals surface area contributed by atoms with Crippen LogP contribution in [0.2, 0.25) is 0 Å². The van der Waals surface area contributed by atoms with Crippen molar-refractivity contribution in [2.24, 2.45) is 5.14 Å². The number of aliphatic hydroxyl groups is 1. The zero-order valence-electron chi connectivity index (χ0n) is 11.9. The Balaban J connectivity index is 2.00. The first-order chi connectivity index (χ1) is 9.25. The minimum absolute atomic E-state index is 0.403. The third kappa shape index (κ3) is 3.79. The van der Waals surface area contributed by atoms with E-state index in [-0.39, 0.29) is 0 Å². The predicted octanol–water partition coefficient (Wildman–Crippen LogP) is 0.700. The van der Waals surface area contributed by atoms with E-state index in [9.17, 15) is 13.5 Å². The number of sulfonamides is 1. The molecule has 3 N–H and O–H groups in total. The fourth-order valence-electron chi connectivity index (χ4n) is 2.78. The number of likely N-dealkylation sites (tertiary alicyclic amines) is 1. The average Bonchev–Trinajstić information content (AvgIpc) is 2.75. The third-order valence-corrected chi connectivity index (χ3v) is 5.07. The van der Waals surface area contributed by atoms with E-state index in [0.29, 0.717) is 26.1 Å². The molecule has 1 heterocycles. The van der Waals surface area contributed by atoms with Crippen LogP contribution in [-0.4, -0.2) is 43.3 Å².